The molecular formula is C28H35FN8. The van der Waals surface area contributed by atoms with E-state index in [-0.39, 0.29) is 5.82 Å². The van der Waals surface area contributed by atoms with E-state index in [4.69, 9.17) is 0 Å². The lowest BCUT2D eigenvalue weighted by Gasteiger charge is -2.42. The number of piperidine rings is 1. The molecule has 1 N–H and O–H groups in total. The van der Waals surface area contributed by atoms with E-state index in [2.05, 4.69) is 66.6 Å². The van der Waals surface area contributed by atoms with Crippen molar-refractivity contribution < 1.29 is 4.39 Å². The molecule has 8 nitrogen and oxygen atoms in total. The molecule has 2 atom stereocenters. The van der Waals surface area contributed by atoms with Gasteiger partial charge in [0, 0.05) is 44.3 Å². The Balaban J connectivity index is 1.36. The van der Waals surface area contributed by atoms with Gasteiger partial charge in [0.15, 0.2) is 5.65 Å². The number of likely N-dealkylation sites (N-methyl/N-ethyl adjacent to an activating group) is 1. The first kappa shape index (κ1) is 24.1. The van der Waals surface area contributed by atoms with Gasteiger partial charge in [-0.3, -0.25) is 14.3 Å². The molecule has 9 heteroatoms. The van der Waals surface area contributed by atoms with Crippen LogP contribution in [-0.4, -0.2) is 82.9 Å². The quantitative estimate of drug-likeness (QED) is 0.455. The van der Waals surface area contributed by atoms with Crippen LogP contribution in [0.1, 0.15) is 26.7 Å². The third-order valence-corrected chi connectivity index (χ3v) is 8.37. The highest BCUT2D eigenvalue weighted by Crippen LogP contribution is 2.31. The van der Waals surface area contributed by atoms with Crippen molar-refractivity contribution in [3.63, 3.8) is 0 Å². The summed E-state index contributed by atoms with van der Waals surface area (Å²) >= 11 is 0. The van der Waals surface area contributed by atoms with E-state index in [1.807, 2.05) is 31.3 Å². The van der Waals surface area contributed by atoms with E-state index >= 15 is 4.39 Å². The van der Waals surface area contributed by atoms with Crippen LogP contribution in [0.25, 0.3) is 27.8 Å². The number of hydrogen-bond acceptors (Lipinski definition) is 7. The summed E-state index contributed by atoms with van der Waals surface area (Å²) < 4.78 is 17.4. The number of fused-ring (bicyclic) bond motifs is 3. The Kier molecular flexibility index (Phi) is 6.20. The molecule has 0 radical (unpaired) electrons. The van der Waals surface area contributed by atoms with E-state index < -0.39 is 0 Å². The van der Waals surface area contributed by atoms with Crippen LogP contribution in [0.15, 0.2) is 42.6 Å². The molecule has 0 amide bonds. The summed E-state index contributed by atoms with van der Waals surface area (Å²) in [6.07, 6.45) is 3.82. The zero-order chi connectivity index (χ0) is 25.7. The number of halogens is 1. The van der Waals surface area contributed by atoms with Crippen LogP contribution in [0.2, 0.25) is 0 Å². The van der Waals surface area contributed by atoms with Gasteiger partial charge in [0.25, 0.3) is 0 Å². The molecular weight excluding hydrogens is 467 g/mol. The Morgan fingerprint density at radius 1 is 0.919 bits per heavy atom. The highest BCUT2D eigenvalue weighted by Gasteiger charge is 2.29. The number of aromatic nitrogens is 4. The minimum Gasteiger partial charge on any atom is -0.369 e. The molecule has 37 heavy (non-hydrogen) atoms. The minimum atomic E-state index is -0.178. The topological polar surface area (TPSA) is 64.8 Å². The number of hydrogen-bond donors (Lipinski definition) is 1. The van der Waals surface area contributed by atoms with Gasteiger partial charge in [-0.1, -0.05) is 12.1 Å². The lowest BCUT2D eigenvalue weighted by molar-refractivity contribution is 0.169. The summed E-state index contributed by atoms with van der Waals surface area (Å²) in [5, 5.41) is 12.3. The van der Waals surface area contributed by atoms with Crippen molar-refractivity contribution in [1.82, 2.24) is 29.8 Å². The molecule has 4 heterocycles. The highest BCUT2D eigenvalue weighted by molar-refractivity contribution is 5.84. The standard InChI is InChI=1S/C28H35FN8/c1-18-16-36(17-19(2)34(18)4)28-33-32-27-15-31-24-7-5-21(14-26(24)37(27)28)20-6-8-25(23(29)13-20)35-11-9-22(30-3)10-12-35/h5-8,13-15,18-19,22,30H,9-12,16-17H2,1-4H3/t18-,19?/m0/s1. The second kappa shape index (κ2) is 9.54. The molecule has 2 aliphatic heterocycles. The highest BCUT2D eigenvalue weighted by atomic mass is 19.1. The van der Waals surface area contributed by atoms with Gasteiger partial charge in [-0.2, -0.15) is 0 Å². The van der Waals surface area contributed by atoms with Crippen molar-refractivity contribution in [2.24, 2.45) is 0 Å². The monoisotopic (exact) mass is 502 g/mol. The molecule has 0 saturated carbocycles. The molecule has 1 unspecified atom stereocenters. The zero-order valence-electron chi connectivity index (χ0n) is 22.0. The Hall–Kier alpha value is -3.30. The third kappa shape index (κ3) is 4.30. The first-order valence-electron chi connectivity index (χ1n) is 13.3. The van der Waals surface area contributed by atoms with E-state index in [0.717, 1.165) is 67.1 Å². The lowest BCUT2D eigenvalue weighted by Crippen LogP contribution is -2.55. The summed E-state index contributed by atoms with van der Waals surface area (Å²) in [7, 11) is 4.17. The largest absolute Gasteiger partial charge is 0.369 e. The summed E-state index contributed by atoms with van der Waals surface area (Å²) in [6.45, 7) is 7.96. The Morgan fingerprint density at radius 2 is 1.62 bits per heavy atom. The minimum absolute atomic E-state index is 0.178. The van der Waals surface area contributed by atoms with Gasteiger partial charge in [-0.15, -0.1) is 10.2 Å². The molecule has 0 spiro atoms. The fourth-order valence-electron chi connectivity index (χ4n) is 5.85. The third-order valence-electron chi connectivity index (χ3n) is 8.37. The second-order valence-electron chi connectivity index (χ2n) is 10.6. The molecule has 2 aromatic heterocycles. The van der Waals surface area contributed by atoms with Crippen LogP contribution < -0.4 is 15.1 Å². The second-order valence-corrected chi connectivity index (χ2v) is 10.6. The van der Waals surface area contributed by atoms with Gasteiger partial charge in [-0.25, -0.2) is 4.39 Å². The van der Waals surface area contributed by atoms with Gasteiger partial charge in [0.2, 0.25) is 5.95 Å². The predicted molar refractivity (Wildman–Crippen MR) is 147 cm³/mol. The van der Waals surface area contributed by atoms with Gasteiger partial charge in [0.05, 0.1) is 22.9 Å². The van der Waals surface area contributed by atoms with Crippen molar-refractivity contribution in [3.8, 4) is 11.1 Å². The van der Waals surface area contributed by atoms with Crippen molar-refractivity contribution in [3.05, 3.63) is 48.4 Å². The van der Waals surface area contributed by atoms with Crippen LogP contribution in [0, 0.1) is 5.82 Å². The van der Waals surface area contributed by atoms with Gasteiger partial charge in [-0.05, 0) is 76.2 Å². The summed E-state index contributed by atoms with van der Waals surface area (Å²) in [4.78, 5) is 11.5. The van der Waals surface area contributed by atoms with E-state index in [1.165, 1.54) is 0 Å². The number of benzene rings is 2. The summed E-state index contributed by atoms with van der Waals surface area (Å²) in [5.74, 6) is 0.653. The van der Waals surface area contributed by atoms with E-state index in [1.54, 1.807) is 12.3 Å². The molecule has 2 aliphatic rings. The van der Waals surface area contributed by atoms with Crippen molar-refractivity contribution >= 4 is 28.3 Å². The molecule has 2 aromatic carbocycles. The van der Waals surface area contributed by atoms with E-state index in [0.29, 0.717) is 29.5 Å². The fraction of sp³-hybridized carbons (Fsp3) is 0.464. The maximum absolute atomic E-state index is 15.3. The predicted octanol–water partition coefficient (Wildman–Crippen LogP) is 3.80. The van der Waals surface area contributed by atoms with Gasteiger partial charge < -0.3 is 15.1 Å². The Labute approximate surface area is 217 Å². The van der Waals surface area contributed by atoms with Crippen LogP contribution in [0.5, 0.6) is 0 Å². The van der Waals surface area contributed by atoms with Crippen LogP contribution >= 0.6 is 0 Å². The van der Waals surface area contributed by atoms with Crippen LogP contribution in [0.4, 0.5) is 16.0 Å². The molecule has 2 saturated heterocycles. The SMILES string of the molecule is CNC1CCN(c2ccc(-c3ccc4ncc5nnc(N6CC(C)N(C)[C@@H](C)C6)n5c4c3)cc2F)CC1. The van der Waals surface area contributed by atoms with Crippen LogP contribution in [0.3, 0.4) is 0 Å². The number of rotatable bonds is 4. The van der Waals surface area contributed by atoms with Gasteiger partial charge in [0.1, 0.15) is 5.82 Å². The average molecular weight is 503 g/mol. The normalized spacial score (nSPS) is 21.9. The Bertz CT molecular complexity index is 1410. The molecule has 6 rings (SSSR count). The van der Waals surface area contributed by atoms with E-state index in [9.17, 15) is 0 Å². The molecule has 4 aromatic rings. The first-order valence-corrected chi connectivity index (χ1v) is 13.3. The summed E-state index contributed by atoms with van der Waals surface area (Å²) in [6, 6.07) is 13.0. The fourth-order valence-corrected chi connectivity index (χ4v) is 5.85. The van der Waals surface area contributed by atoms with Crippen LogP contribution in [-0.2, 0) is 0 Å². The maximum atomic E-state index is 15.3. The zero-order valence-corrected chi connectivity index (χ0v) is 22.0. The van der Waals surface area contributed by atoms with Crippen molar-refractivity contribution in [2.75, 3.05) is 50.1 Å². The molecule has 2 fully saturated rings. The molecule has 0 aliphatic carbocycles. The van der Waals surface area contributed by atoms with Gasteiger partial charge >= 0.3 is 0 Å². The van der Waals surface area contributed by atoms with Crippen molar-refractivity contribution in [2.45, 2.75) is 44.8 Å². The number of anilines is 2. The summed E-state index contributed by atoms with van der Waals surface area (Å²) in [5.41, 5.74) is 4.97. The lowest BCUT2D eigenvalue weighted by atomic mass is 10.0. The number of nitrogens with one attached hydrogen (secondary N) is 1. The number of piperazine rings is 1. The molecule has 194 valence electrons. The number of nitrogens with zero attached hydrogens (tertiary/aromatic N) is 7. The Morgan fingerprint density at radius 3 is 2.32 bits per heavy atom. The first-order chi connectivity index (χ1) is 17.9. The maximum Gasteiger partial charge on any atom is 0.232 e. The molecule has 0 bridgehead atoms. The average Bonchev–Trinajstić information content (AvgIpc) is 3.36. The smallest absolute Gasteiger partial charge is 0.232 e. The van der Waals surface area contributed by atoms with Crippen molar-refractivity contribution in [1.29, 1.82) is 0 Å².